The Bertz CT molecular complexity index is 571. The highest BCUT2D eigenvalue weighted by Crippen LogP contribution is 2.32. The molecule has 1 aromatic carbocycles. The molecule has 0 aliphatic carbocycles. The molecule has 0 radical (unpaired) electrons. The fraction of sp³-hybridized carbons (Fsp3) is 0.333. The molecule has 2 rings (SSSR count). The van der Waals surface area contributed by atoms with Gasteiger partial charge < -0.3 is 14.8 Å². The molecule has 0 fully saturated rings. The van der Waals surface area contributed by atoms with E-state index in [1.165, 1.54) is 10.4 Å². The van der Waals surface area contributed by atoms with Gasteiger partial charge in [-0.05, 0) is 59.0 Å². The zero-order valence-electron chi connectivity index (χ0n) is 11.8. The van der Waals surface area contributed by atoms with E-state index in [-0.39, 0.29) is 6.04 Å². The van der Waals surface area contributed by atoms with Crippen LogP contribution < -0.4 is 14.8 Å². The smallest absolute Gasteiger partial charge is 0.161 e. The second-order valence-electron chi connectivity index (χ2n) is 4.40. The Morgan fingerprint density at radius 1 is 1.30 bits per heavy atom. The average Bonchev–Trinajstić information content (AvgIpc) is 2.89. The molecule has 1 heterocycles. The molecule has 0 aliphatic heterocycles. The quantitative estimate of drug-likeness (QED) is 0.833. The molecule has 0 aliphatic rings. The first kappa shape index (κ1) is 15.4. The zero-order valence-corrected chi connectivity index (χ0v) is 14.2. The Morgan fingerprint density at radius 2 is 2.10 bits per heavy atom. The summed E-state index contributed by atoms with van der Waals surface area (Å²) in [5, 5.41) is 5.25. The summed E-state index contributed by atoms with van der Waals surface area (Å²) in [4.78, 5) is 1.17. The number of benzene rings is 1. The van der Waals surface area contributed by atoms with Crippen LogP contribution in [0.3, 0.4) is 0 Å². The van der Waals surface area contributed by atoms with Crippen LogP contribution in [-0.4, -0.2) is 14.2 Å². The van der Waals surface area contributed by atoms with Crippen LogP contribution in [0.15, 0.2) is 34.1 Å². The van der Waals surface area contributed by atoms with Gasteiger partial charge in [-0.15, -0.1) is 11.3 Å². The molecule has 0 saturated carbocycles. The largest absolute Gasteiger partial charge is 0.493 e. The molecule has 1 atom stereocenters. The highest BCUT2D eigenvalue weighted by Gasteiger charge is 2.10. The van der Waals surface area contributed by atoms with Crippen molar-refractivity contribution in [1.29, 1.82) is 0 Å². The lowest BCUT2D eigenvalue weighted by molar-refractivity contribution is 0.286. The third kappa shape index (κ3) is 3.53. The maximum Gasteiger partial charge on any atom is 0.161 e. The van der Waals surface area contributed by atoms with Crippen LogP contribution in [0, 0.1) is 0 Å². The van der Waals surface area contributed by atoms with E-state index < -0.39 is 0 Å². The van der Waals surface area contributed by atoms with E-state index in [0.29, 0.717) is 6.61 Å². The molecule has 20 heavy (non-hydrogen) atoms. The van der Waals surface area contributed by atoms with Crippen LogP contribution in [0.2, 0.25) is 0 Å². The van der Waals surface area contributed by atoms with E-state index in [4.69, 9.17) is 9.47 Å². The lowest BCUT2D eigenvalue weighted by Crippen LogP contribution is -2.12. The summed E-state index contributed by atoms with van der Waals surface area (Å²) < 4.78 is 12.4. The number of thiophene rings is 1. The minimum atomic E-state index is 0.282. The van der Waals surface area contributed by atoms with Crippen LogP contribution in [0.5, 0.6) is 11.5 Å². The van der Waals surface area contributed by atoms with Gasteiger partial charge in [-0.1, -0.05) is 6.07 Å². The third-order valence-corrected chi connectivity index (χ3v) is 5.07. The van der Waals surface area contributed by atoms with Crippen molar-refractivity contribution in [2.45, 2.75) is 19.6 Å². The normalized spacial score (nSPS) is 12.2. The highest BCUT2D eigenvalue weighted by molar-refractivity contribution is 9.10. The van der Waals surface area contributed by atoms with Gasteiger partial charge in [0.2, 0.25) is 0 Å². The van der Waals surface area contributed by atoms with E-state index in [1.807, 2.05) is 30.6 Å². The van der Waals surface area contributed by atoms with Gasteiger partial charge in [0.15, 0.2) is 11.5 Å². The molecule has 0 amide bonds. The standard InChI is InChI=1S/C15H18BrNO2S/c1-10(17-2)11-4-5-13(14(8-11)18-3)19-9-15-12(16)6-7-20-15/h4-8,10,17H,9H2,1-3H3. The zero-order chi connectivity index (χ0) is 14.5. The van der Waals surface area contributed by atoms with Crippen LogP contribution in [0.4, 0.5) is 0 Å². The van der Waals surface area contributed by atoms with E-state index in [1.54, 1.807) is 18.4 Å². The molecule has 2 aromatic rings. The van der Waals surface area contributed by atoms with Crippen molar-refractivity contribution in [2.24, 2.45) is 0 Å². The third-order valence-electron chi connectivity index (χ3n) is 3.17. The average molecular weight is 356 g/mol. The number of hydrogen-bond donors (Lipinski definition) is 1. The second-order valence-corrected chi connectivity index (χ2v) is 6.26. The van der Waals surface area contributed by atoms with Crippen molar-refractivity contribution in [2.75, 3.05) is 14.2 Å². The summed E-state index contributed by atoms with van der Waals surface area (Å²) in [5.74, 6) is 1.53. The van der Waals surface area contributed by atoms with Gasteiger partial charge in [-0.3, -0.25) is 0 Å². The molecule has 1 aromatic heterocycles. The van der Waals surface area contributed by atoms with Gasteiger partial charge in [0.1, 0.15) is 6.61 Å². The van der Waals surface area contributed by atoms with Gasteiger partial charge in [0, 0.05) is 10.5 Å². The lowest BCUT2D eigenvalue weighted by Gasteiger charge is -2.15. The summed E-state index contributed by atoms with van der Waals surface area (Å²) in [5.41, 5.74) is 1.18. The maximum atomic E-state index is 5.86. The molecule has 108 valence electrons. The van der Waals surface area contributed by atoms with Crippen molar-refractivity contribution in [1.82, 2.24) is 5.32 Å². The topological polar surface area (TPSA) is 30.5 Å². The van der Waals surface area contributed by atoms with Crippen molar-refractivity contribution in [3.05, 3.63) is 44.6 Å². The second kappa shape index (κ2) is 7.11. The van der Waals surface area contributed by atoms with Crippen molar-refractivity contribution in [3.8, 4) is 11.5 Å². The fourth-order valence-electron chi connectivity index (χ4n) is 1.81. The Balaban J connectivity index is 2.13. The van der Waals surface area contributed by atoms with Crippen LogP contribution >= 0.6 is 27.3 Å². The summed E-state index contributed by atoms with van der Waals surface area (Å²) in [6, 6.07) is 8.34. The van der Waals surface area contributed by atoms with Gasteiger partial charge in [-0.25, -0.2) is 0 Å². The highest BCUT2D eigenvalue weighted by atomic mass is 79.9. The van der Waals surface area contributed by atoms with E-state index >= 15 is 0 Å². The monoisotopic (exact) mass is 355 g/mol. The summed E-state index contributed by atoms with van der Waals surface area (Å²) >= 11 is 5.18. The number of halogens is 1. The predicted molar refractivity (Wildman–Crippen MR) is 86.8 cm³/mol. The summed E-state index contributed by atoms with van der Waals surface area (Å²) in [6.45, 7) is 2.65. The van der Waals surface area contributed by atoms with Crippen LogP contribution in [-0.2, 0) is 6.61 Å². The van der Waals surface area contributed by atoms with Gasteiger partial charge in [0.05, 0.1) is 12.0 Å². The fourth-order valence-corrected chi connectivity index (χ4v) is 3.19. The molecule has 1 N–H and O–H groups in total. The number of hydrogen-bond acceptors (Lipinski definition) is 4. The van der Waals surface area contributed by atoms with E-state index in [0.717, 1.165) is 16.0 Å². The molecule has 0 spiro atoms. The predicted octanol–water partition coefficient (Wildman–Crippen LogP) is 4.38. The Hall–Kier alpha value is -1.04. The van der Waals surface area contributed by atoms with Gasteiger partial charge in [0.25, 0.3) is 0 Å². The van der Waals surface area contributed by atoms with Crippen LogP contribution in [0.25, 0.3) is 0 Å². The number of methoxy groups -OCH3 is 1. The van der Waals surface area contributed by atoms with E-state index in [2.05, 4.69) is 34.2 Å². The minimum Gasteiger partial charge on any atom is -0.493 e. The van der Waals surface area contributed by atoms with Crippen molar-refractivity contribution < 1.29 is 9.47 Å². The first-order valence-corrected chi connectivity index (χ1v) is 8.02. The maximum absolute atomic E-state index is 5.86. The SMILES string of the molecule is CNC(C)c1ccc(OCc2sccc2Br)c(OC)c1. The number of nitrogens with one attached hydrogen (secondary N) is 1. The van der Waals surface area contributed by atoms with Crippen molar-refractivity contribution in [3.63, 3.8) is 0 Å². The summed E-state index contributed by atoms with van der Waals surface area (Å²) in [6.07, 6.45) is 0. The molecular formula is C15H18BrNO2S. The van der Waals surface area contributed by atoms with Crippen LogP contribution in [0.1, 0.15) is 23.4 Å². The first-order chi connectivity index (χ1) is 9.65. The lowest BCUT2D eigenvalue weighted by atomic mass is 10.1. The Kier molecular flexibility index (Phi) is 5.46. The molecule has 0 bridgehead atoms. The molecule has 1 unspecified atom stereocenters. The van der Waals surface area contributed by atoms with Gasteiger partial charge >= 0.3 is 0 Å². The number of ether oxygens (including phenoxy) is 2. The Morgan fingerprint density at radius 3 is 2.70 bits per heavy atom. The van der Waals surface area contributed by atoms with Gasteiger partial charge in [-0.2, -0.15) is 0 Å². The number of rotatable bonds is 6. The van der Waals surface area contributed by atoms with Crippen molar-refractivity contribution >= 4 is 27.3 Å². The Labute approximate surface area is 132 Å². The van der Waals surface area contributed by atoms with E-state index in [9.17, 15) is 0 Å². The minimum absolute atomic E-state index is 0.282. The molecular weight excluding hydrogens is 338 g/mol. The molecule has 5 heteroatoms. The first-order valence-electron chi connectivity index (χ1n) is 6.35. The molecule has 3 nitrogen and oxygen atoms in total. The molecule has 0 saturated heterocycles. The summed E-state index contributed by atoms with van der Waals surface area (Å²) in [7, 11) is 3.60.